The van der Waals surface area contributed by atoms with Crippen molar-refractivity contribution in [2.45, 2.75) is 56.1 Å². The number of hydrogen-bond acceptors (Lipinski definition) is 6. The Balaban J connectivity index is 1.24. The van der Waals surface area contributed by atoms with E-state index in [4.69, 9.17) is 18.9 Å². The van der Waals surface area contributed by atoms with Gasteiger partial charge in [-0.05, 0) is 55.5 Å². The molecule has 0 N–H and O–H groups in total. The van der Waals surface area contributed by atoms with Gasteiger partial charge in [-0.3, -0.25) is 4.98 Å². The van der Waals surface area contributed by atoms with Crippen LogP contribution >= 0.6 is 0 Å². The number of likely N-dealkylation sites (tertiary alicyclic amines) is 1. The van der Waals surface area contributed by atoms with Crippen molar-refractivity contribution in [3.05, 3.63) is 59.7 Å². The van der Waals surface area contributed by atoms with Gasteiger partial charge in [0, 0.05) is 24.7 Å². The van der Waals surface area contributed by atoms with Gasteiger partial charge in [0.25, 0.3) is 0 Å². The number of alkyl halides is 3. The van der Waals surface area contributed by atoms with E-state index in [1.807, 2.05) is 0 Å². The van der Waals surface area contributed by atoms with E-state index in [0.717, 1.165) is 18.5 Å². The van der Waals surface area contributed by atoms with Crippen LogP contribution in [0.5, 0.6) is 5.75 Å². The molecular formula is C26H30F4N2O5. The Labute approximate surface area is 212 Å². The molecule has 2 aliphatic rings. The van der Waals surface area contributed by atoms with Gasteiger partial charge in [0.2, 0.25) is 6.10 Å². The third-order valence-corrected chi connectivity index (χ3v) is 6.95. The molecule has 4 rings (SSSR count). The highest BCUT2D eigenvalue weighted by molar-refractivity contribution is 5.68. The summed E-state index contributed by atoms with van der Waals surface area (Å²) in [7, 11) is 1.52. The average molecular weight is 527 g/mol. The van der Waals surface area contributed by atoms with Crippen LogP contribution in [0.25, 0.3) is 0 Å². The summed E-state index contributed by atoms with van der Waals surface area (Å²) in [5.74, 6) is 0.282. The number of carbonyl (C=O) groups excluding carboxylic acids is 1. The van der Waals surface area contributed by atoms with E-state index < -0.39 is 36.4 Å². The Morgan fingerprint density at radius 2 is 1.89 bits per heavy atom. The molecule has 0 radical (unpaired) electrons. The van der Waals surface area contributed by atoms with Crippen molar-refractivity contribution >= 4 is 6.09 Å². The lowest BCUT2D eigenvalue weighted by Crippen LogP contribution is -2.51. The number of hydrogen-bond donors (Lipinski definition) is 0. The Bertz CT molecular complexity index is 1010. The van der Waals surface area contributed by atoms with Crippen LogP contribution in [-0.4, -0.2) is 67.3 Å². The number of halogens is 4. The quantitative estimate of drug-likeness (QED) is 0.460. The first-order valence-corrected chi connectivity index (χ1v) is 12.2. The van der Waals surface area contributed by atoms with E-state index >= 15 is 0 Å². The molecule has 7 nitrogen and oxygen atoms in total. The second kappa shape index (κ2) is 11.6. The molecule has 1 aromatic heterocycles. The predicted molar refractivity (Wildman–Crippen MR) is 125 cm³/mol. The van der Waals surface area contributed by atoms with Gasteiger partial charge in [-0.15, -0.1) is 0 Å². The molecule has 37 heavy (non-hydrogen) atoms. The second-order valence-corrected chi connectivity index (χ2v) is 9.40. The zero-order valence-electron chi connectivity index (χ0n) is 20.5. The number of benzene rings is 1. The monoisotopic (exact) mass is 526 g/mol. The largest absolute Gasteiger partial charge is 0.497 e. The van der Waals surface area contributed by atoms with Gasteiger partial charge in [-0.1, -0.05) is 12.1 Å². The maximum absolute atomic E-state index is 13.5. The van der Waals surface area contributed by atoms with Gasteiger partial charge in [0.1, 0.15) is 11.6 Å². The van der Waals surface area contributed by atoms with Crippen LogP contribution in [-0.2, 0) is 20.8 Å². The van der Waals surface area contributed by atoms with Crippen molar-refractivity contribution in [2.75, 3.05) is 33.4 Å². The molecule has 2 atom stereocenters. The van der Waals surface area contributed by atoms with Gasteiger partial charge < -0.3 is 23.8 Å². The highest BCUT2D eigenvalue weighted by Gasteiger charge is 2.45. The third kappa shape index (κ3) is 7.10. The number of rotatable bonds is 7. The second-order valence-electron chi connectivity index (χ2n) is 9.40. The van der Waals surface area contributed by atoms with Crippen molar-refractivity contribution in [3.8, 4) is 5.75 Å². The Morgan fingerprint density at radius 3 is 2.46 bits per heavy atom. The lowest BCUT2D eigenvalue weighted by molar-refractivity contribution is -0.220. The molecule has 202 valence electrons. The topological polar surface area (TPSA) is 70.1 Å². The van der Waals surface area contributed by atoms with Gasteiger partial charge >= 0.3 is 12.3 Å². The molecule has 1 spiro atoms. The highest BCUT2D eigenvalue weighted by Crippen LogP contribution is 2.39. The maximum Gasteiger partial charge on any atom is 0.427 e. The van der Waals surface area contributed by atoms with Crippen molar-refractivity contribution in [3.63, 3.8) is 0 Å². The van der Waals surface area contributed by atoms with Crippen LogP contribution in [0.1, 0.15) is 42.9 Å². The van der Waals surface area contributed by atoms with Crippen molar-refractivity contribution < 1.29 is 41.3 Å². The first-order valence-electron chi connectivity index (χ1n) is 12.2. The van der Waals surface area contributed by atoms with E-state index in [9.17, 15) is 22.4 Å². The fourth-order valence-electron chi connectivity index (χ4n) is 4.62. The van der Waals surface area contributed by atoms with Crippen molar-refractivity contribution in [1.29, 1.82) is 0 Å². The summed E-state index contributed by atoms with van der Waals surface area (Å²) >= 11 is 0. The van der Waals surface area contributed by atoms with Gasteiger partial charge in [0.15, 0.2) is 0 Å². The molecule has 2 aromatic rings. The fourth-order valence-corrected chi connectivity index (χ4v) is 4.62. The summed E-state index contributed by atoms with van der Waals surface area (Å²) in [4.78, 5) is 18.0. The Morgan fingerprint density at radius 1 is 1.16 bits per heavy atom. The van der Waals surface area contributed by atoms with Crippen LogP contribution in [0.15, 0.2) is 42.6 Å². The number of carbonyl (C=O) groups is 1. The van der Waals surface area contributed by atoms with Gasteiger partial charge in [-0.25, -0.2) is 9.18 Å². The van der Waals surface area contributed by atoms with E-state index in [1.165, 1.54) is 24.3 Å². The molecule has 11 heteroatoms. The van der Waals surface area contributed by atoms with Crippen LogP contribution in [0.2, 0.25) is 0 Å². The number of ether oxygens (including phenoxy) is 4. The summed E-state index contributed by atoms with van der Waals surface area (Å²) in [6.45, 7) is 0.0169. The number of methoxy groups -OCH3 is 1. The molecule has 3 heterocycles. The molecule has 0 bridgehead atoms. The summed E-state index contributed by atoms with van der Waals surface area (Å²) in [5, 5.41) is 0. The molecule has 1 amide bonds. The zero-order chi connectivity index (χ0) is 26.5. The minimum atomic E-state index is -4.76. The molecule has 2 fully saturated rings. The standard InChI is InChI=1S/C26H30F4N2O5/c1-34-21-5-2-18(3-6-21)15-35-17-23(26(28,29)30)37-24(33)32-12-10-25(11-13-32)9-8-19(16-36-25)22-7-4-20(27)14-31-22/h2-7,14,19,23H,8-13,15-17H2,1H3. The maximum atomic E-state index is 13.5. The molecule has 0 saturated carbocycles. The van der Waals surface area contributed by atoms with Crippen molar-refractivity contribution in [2.24, 2.45) is 0 Å². The SMILES string of the molecule is COc1ccc(COCC(OC(=O)N2CCC3(CCC(c4ccc(F)cn4)CO3)CC2)C(F)(F)F)cc1. The molecule has 0 aliphatic carbocycles. The minimum Gasteiger partial charge on any atom is -0.497 e. The lowest BCUT2D eigenvalue weighted by atomic mass is 9.81. The van der Waals surface area contributed by atoms with Crippen LogP contribution in [0, 0.1) is 5.82 Å². The summed E-state index contributed by atoms with van der Waals surface area (Å²) in [6, 6.07) is 9.75. The first kappa shape index (κ1) is 27.1. The normalized spacial score (nSPS) is 20.5. The number of amides is 1. The fraction of sp³-hybridized carbons (Fsp3) is 0.538. The smallest absolute Gasteiger partial charge is 0.427 e. The van der Waals surface area contributed by atoms with Crippen LogP contribution < -0.4 is 4.74 Å². The highest BCUT2D eigenvalue weighted by atomic mass is 19.4. The molecular weight excluding hydrogens is 496 g/mol. The number of aromatic nitrogens is 1. The van der Waals surface area contributed by atoms with Crippen LogP contribution in [0.4, 0.5) is 22.4 Å². The van der Waals surface area contributed by atoms with Gasteiger partial charge in [0.05, 0.1) is 38.7 Å². The molecule has 1 aromatic carbocycles. The summed E-state index contributed by atoms with van der Waals surface area (Å²) < 4.78 is 74.9. The minimum absolute atomic E-state index is 0.0553. The van der Waals surface area contributed by atoms with E-state index in [0.29, 0.717) is 30.8 Å². The van der Waals surface area contributed by atoms with E-state index in [2.05, 4.69) is 4.98 Å². The van der Waals surface area contributed by atoms with Gasteiger partial charge in [-0.2, -0.15) is 13.2 Å². The van der Waals surface area contributed by atoms with Crippen molar-refractivity contribution in [1.82, 2.24) is 9.88 Å². The molecule has 2 saturated heterocycles. The van der Waals surface area contributed by atoms with Crippen LogP contribution in [0.3, 0.4) is 0 Å². The van der Waals surface area contributed by atoms with E-state index in [-0.39, 0.29) is 25.6 Å². The first-order chi connectivity index (χ1) is 17.7. The summed E-state index contributed by atoms with van der Waals surface area (Å²) in [5.41, 5.74) is 1.00. The van der Waals surface area contributed by atoms with E-state index in [1.54, 1.807) is 30.3 Å². The Kier molecular flexibility index (Phi) is 8.53. The Hall–Kier alpha value is -2.92. The predicted octanol–water partition coefficient (Wildman–Crippen LogP) is 5.24. The molecule has 2 unspecified atom stereocenters. The zero-order valence-corrected chi connectivity index (χ0v) is 20.5. The summed E-state index contributed by atoms with van der Waals surface area (Å²) in [6.07, 6.45) is -4.45. The number of piperidine rings is 1. The number of pyridine rings is 1. The lowest BCUT2D eigenvalue weighted by Gasteiger charge is -2.45. The molecule has 2 aliphatic heterocycles. The number of nitrogens with zero attached hydrogens (tertiary/aromatic N) is 2. The average Bonchev–Trinajstić information content (AvgIpc) is 2.89. The third-order valence-electron chi connectivity index (χ3n) is 6.95.